The third kappa shape index (κ3) is 4.43. The average Bonchev–Trinajstić information content (AvgIpc) is 2.93. The van der Waals surface area contributed by atoms with E-state index in [-0.39, 0.29) is 12.0 Å². The van der Waals surface area contributed by atoms with E-state index in [1.54, 1.807) is 0 Å². The minimum Gasteiger partial charge on any atom is -0.376 e. The van der Waals surface area contributed by atoms with E-state index in [9.17, 15) is 4.79 Å². The number of thiazole rings is 1. The third-order valence-electron chi connectivity index (χ3n) is 3.33. The number of piperidine rings is 1. The first-order chi connectivity index (χ1) is 9.72. The molecule has 1 aromatic rings. The Morgan fingerprint density at radius 1 is 1.65 bits per heavy atom. The molecule has 1 amide bonds. The molecule has 2 rings (SSSR count). The largest absolute Gasteiger partial charge is 0.376 e. The zero-order chi connectivity index (χ0) is 14.4. The van der Waals surface area contributed by atoms with Crippen LogP contribution in [0.2, 0.25) is 0 Å². The van der Waals surface area contributed by atoms with Gasteiger partial charge in [0.15, 0.2) is 0 Å². The van der Waals surface area contributed by atoms with E-state index < -0.39 is 0 Å². The lowest BCUT2D eigenvalue weighted by Gasteiger charge is -2.32. The van der Waals surface area contributed by atoms with Crippen molar-refractivity contribution in [1.82, 2.24) is 9.88 Å². The first-order valence-corrected chi connectivity index (χ1v) is 8.53. The van der Waals surface area contributed by atoms with Gasteiger partial charge < -0.3 is 9.64 Å². The Labute approximate surface area is 129 Å². The number of halogens is 1. The number of nitrogens with zero attached hydrogens (tertiary/aromatic N) is 2. The van der Waals surface area contributed by atoms with Gasteiger partial charge in [-0.05, 0) is 19.3 Å². The van der Waals surface area contributed by atoms with Gasteiger partial charge in [0, 0.05) is 25.1 Å². The topological polar surface area (TPSA) is 42.4 Å². The number of hydrogen-bond acceptors (Lipinski definition) is 4. The predicted molar refractivity (Wildman–Crippen MR) is 81.2 cm³/mol. The van der Waals surface area contributed by atoms with E-state index in [1.807, 2.05) is 10.3 Å². The van der Waals surface area contributed by atoms with E-state index in [0.717, 1.165) is 43.1 Å². The van der Waals surface area contributed by atoms with E-state index in [0.29, 0.717) is 18.8 Å². The number of alkyl halides is 1. The van der Waals surface area contributed by atoms with Gasteiger partial charge in [0.05, 0.1) is 24.1 Å². The zero-order valence-electron chi connectivity index (χ0n) is 11.8. The molecule has 4 nitrogen and oxygen atoms in total. The van der Waals surface area contributed by atoms with Crippen LogP contribution in [0.15, 0.2) is 5.38 Å². The second-order valence-corrected chi connectivity index (χ2v) is 6.23. The molecule has 20 heavy (non-hydrogen) atoms. The van der Waals surface area contributed by atoms with Crippen LogP contribution in [0.5, 0.6) is 0 Å². The number of carbonyl (C=O) groups is 1. The summed E-state index contributed by atoms with van der Waals surface area (Å²) in [6.45, 7) is 4.42. The molecule has 0 spiro atoms. The predicted octanol–water partition coefficient (Wildman–Crippen LogP) is 2.84. The number of likely N-dealkylation sites (tertiary alicyclic amines) is 1. The lowest BCUT2D eigenvalue weighted by molar-refractivity contribution is -0.134. The van der Waals surface area contributed by atoms with Crippen molar-refractivity contribution in [2.24, 2.45) is 0 Å². The molecule has 1 unspecified atom stereocenters. The molecule has 0 aliphatic carbocycles. The van der Waals surface area contributed by atoms with Gasteiger partial charge in [0.1, 0.15) is 5.01 Å². The molecule has 1 aliphatic rings. The van der Waals surface area contributed by atoms with E-state index in [2.05, 4.69) is 11.9 Å². The van der Waals surface area contributed by atoms with Crippen LogP contribution < -0.4 is 0 Å². The third-order valence-corrected chi connectivity index (χ3v) is 4.50. The van der Waals surface area contributed by atoms with Crippen LogP contribution in [0.4, 0.5) is 0 Å². The fourth-order valence-corrected chi connectivity index (χ4v) is 3.33. The summed E-state index contributed by atoms with van der Waals surface area (Å²) in [6.07, 6.45) is 3.66. The Morgan fingerprint density at radius 2 is 2.50 bits per heavy atom. The summed E-state index contributed by atoms with van der Waals surface area (Å²) in [7, 11) is 0. The molecule has 112 valence electrons. The molecular weight excluding hydrogens is 296 g/mol. The van der Waals surface area contributed by atoms with Crippen LogP contribution in [0.1, 0.15) is 36.9 Å². The zero-order valence-corrected chi connectivity index (χ0v) is 13.4. The lowest BCUT2D eigenvalue weighted by atomic mass is 10.1. The fourth-order valence-electron chi connectivity index (χ4n) is 2.32. The molecule has 0 bridgehead atoms. The van der Waals surface area contributed by atoms with Crippen molar-refractivity contribution in [2.45, 2.75) is 44.6 Å². The van der Waals surface area contributed by atoms with E-state index >= 15 is 0 Å². The van der Waals surface area contributed by atoms with Crippen molar-refractivity contribution in [3.8, 4) is 0 Å². The second kappa shape index (κ2) is 7.96. The van der Waals surface area contributed by atoms with Gasteiger partial charge in [0.25, 0.3) is 0 Å². The molecule has 6 heteroatoms. The minimum absolute atomic E-state index is 0.144. The highest BCUT2D eigenvalue weighted by Gasteiger charge is 2.24. The monoisotopic (exact) mass is 316 g/mol. The molecule has 1 aromatic heterocycles. The van der Waals surface area contributed by atoms with Crippen LogP contribution in [0.25, 0.3) is 0 Å². The number of aromatic nitrogens is 1. The molecular formula is C14H21ClN2O2S. The Morgan fingerprint density at radius 3 is 3.20 bits per heavy atom. The highest BCUT2D eigenvalue weighted by molar-refractivity contribution is 7.09. The molecule has 2 heterocycles. The van der Waals surface area contributed by atoms with Crippen molar-refractivity contribution >= 4 is 28.8 Å². The van der Waals surface area contributed by atoms with Crippen molar-refractivity contribution < 1.29 is 9.53 Å². The molecule has 0 aromatic carbocycles. The maximum atomic E-state index is 12.3. The SMILES string of the molecule is CCCOC1CCCN(C(=O)Cc2nc(CCl)cs2)C1. The molecule has 1 aliphatic heterocycles. The van der Waals surface area contributed by atoms with E-state index in [1.165, 1.54) is 11.3 Å². The van der Waals surface area contributed by atoms with Gasteiger partial charge >= 0.3 is 0 Å². The summed E-state index contributed by atoms with van der Waals surface area (Å²) < 4.78 is 5.76. The molecule has 1 fully saturated rings. The summed E-state index contributed by atoms with van der Waals surface area (Å²) in [6, 6.07) is 0. The van der Waals surface area contributed by atoms with Crippen LogP contribution in [0.3, 0.4) is 0 Å². The van der Waals surface area contributed by atoms with Crippen LogP contribution >= 0.6 is 22.9 Å². The number of ether oxygens (including phenoxy) is 1. The normalized spacial score (nSPS) is 19.3. The van der Waals surface area contributed by atoms with Crippen molar-refractivity contribution in [1.29, 1.82) is 0 Å². The number of amides is 1. The second-order valence-electron chi connectivity index (χ2n) is 5.02. The number of rotatable bonds is 6. The average molecular weight is 317 g/mol. The Kier molecular flexibility index (Phi) is 6.26. The van der Waals surface area contributed by atoms with Crippen LogP contribution in [0, 0.1) is 0 Å². The van der Waals surface area contributed by atoms with Gasteiger partial charge in [-0.1, -0.05) is 6.92 Å². The van der Waals surface area contributed by atoms with Gasteiger partial charge in [-0.25, -0.2) is 4.98 Å². The fraction of sp³-hybridized carbons (Fsp3) is 0.714. The minimum atomic E-state index is 0.144. The summed E-state index contributed by atoms with van der Waals surface area (Å²) in [5, 5.41) is 2.76. The van der Waals surface area contributed by atoms with Gasteiger partial charge in [-0.15, -0.1) is 22.9 Å². The number of carbonyl (C=O) groups excluding carboxylic acids is 1. The quantitative estimate of drug-likeness (QED) is 0.758. The van der Waals surface area contributed by atoms with Crippen molar-refractivity contribution in [2.75, 3.05) is 19.7 Å². The highest BCUT2D eigenvalue weighted by Crippen LogP contribution is 2.17. The first kappa shape index (κ1) is 15.7. The van der Waals surface area contributed by atoms with Gasteiger partial charge in [-0.2, -0.15) is 0 Å². The molecule has 0 radical (unpaired) electrons. The Hall–Kier alpha value is -0.650. The summed E-state index contributed by atoms with van der Waals surface area (Å²) >= 11 is 7.23. The Balaban J connectivity index is 1.85. The molecule has 1 atom stereocenters. The maximum absolute atomic E-state index is 12.3. The Bertz CT molecular complexity index is 439. The highest BCUT2D eigenvalue weighted by atomic mass is 35.5. The molecule has 1 saturated heterocycles. The summed E-state index contributed by atoms with van der Waals surface area (Å²) in [4.78, 5) is 18.5. The summed E-state index contributed by atoms with van der Waals surface area (Å²) in [5.41, 5.74) is 0.849. The first-order valence-electron chi connectivity index (χ1n) is 7.11. The molecule has 0 N–H and O–H groups in total. The van der Waals surface area contributed by atoms with Crippen molar-refractivity contribution in [3.05, 3.63) is 16.1 Å². The smallest absolute Gasteiger partial charge is 0.229 e. The number of hydrogen-bond donors (Lipinski definition) is 0. The summed E-state index contributed by atoms with van der Waals surface area (Å²) in [5.74, 6) is 0.548. The standard InChI is InChI=1S/C14H21ClN2O2S/c1-2-6-19-12-4-3-5-17(9-12)14(18)7-13-16-11(8-15)10-20-13/h10,12H,2-9H2,1H3. The van der Waals surface area contributed by atoms with Gasteiger partial charge in [0.2, 0.25) is 5.91 Å². The maximum Gasteiger partial charge on any atom is 0.229 e. The van der Waals surface area contributed by atoms with Crippen LogP contribution in [-0.2, 0) is 21.8 Å². The van der Waals surface area contributed by atoms with Crippen LogP contribution in [-0.4, -0.2) is 41.6 Å². The van der Waals surface area contributed by atoms with Crippen molar-refractivity contribution in [3.63, 3.8) is 0 Å². The molecule has 0 saturated carbocycles. The van der Waals surface area contributed by atoms with E-state index in [4.69, 9.17) is 16.3 Å². The van der Waals surface area contributed by atoms with Gasteiger partial charge in [-0.3, -0.25) is 4.79 Å². The lowest BCUT2D eigenvalue weighted by Crippen LogP contribution is -2.44.